The Bertz CT molecular complexity index is 795. The van der Waals surface area contributed by atoms with Gasteiger partial charge in [0.05, 0.1) is 5.33 Å². The van der Waals surface area contributed by atoms with E-state index in [-0.39, 0.29) is 5.78 Å². The van der Waals surface area contributed by atoms with Crippen LogP contribution in [0.5, 0.6) is 0 Å². The van der Waals surface area contributed by atoms with E-state index in [2.05, 4.69) is 15.9 Å². The highest BCUT2D eigenvalue weighted by molar-refractivity contribution is 9.09. The van der Waals surface area contributed by atoms with Gasteiger partial charge in [-0.25, -0.2) is 0 Å². The van der Waals surface area contributed by atoms with Gasteiger partial charge in [-0.3, -0.25) is 4.79 Å². The maximum absolute atomic E-state index is 12.1. The van der Waals surface area contributed by atoms with Gasteiger partial charge in [-0.1, -0.05) is 63.9 Å². The molecule has 0 aliphatic rings. The zero-order valence-corrected chi connectivity index (χ0v) is 12.3. The summed E-state index contributed by atoms with van der Waals surface area (Å²) in [5.74, 6) is 0.0676. The third-order valence-electron chi connectivity index (χ3n) is 3.26. The van der Waals surface area contributed by atoms with E-state index in [0.29, 0.717) is 15.9 Å². The number of hydrogen-bond acceptors (Lipinski definition) is 1. The summed E-state index contributed by atoms with van der Waals surface area (Å²) in [4.78, 5) is 12.1. The molecule has 0 atom stereocenters. The lowest BCUT2D eigenvalue weighted by Gasteiger charge is -2.10. The lowest BCUT2D eigenvalue weighted by atomic mass is 9.95. The van der Waals surface area contributed by atoms with Crippen molar-refractivity contribution in [2.45, 2.75) is 0 Å². The third-order valence-corrected chi connectivity index (χ3v) is 4.08. The van der Waals surface area contributed by atoms with Crippen molar-refractivity contribution in [1.82, 2.24) is 0 Å². The average Bonchev–Trinajstić information content (AvgIpc) is 2.45. The van der Waals surface area contributed by atoms with Crippen molar-refractivity contribution in [3.63, 3.8) is 0 Å². The van der Waals surface area contributed by atoms with Gasteiger partial charge in [0.2, 0.25) is 0 Å². The van der Waals surface area contributed by atoms with Gasteiger partial charge in [-0.2, -0.15) is 0 Å². The Morgan fingerprint density at radius 2 is 1.79 bits per heavy atom. The van der Waals surface area contributed by atoms with Crippen LogP contribution in [0.25, 0.3) is 21.5 Å². The second-order valence-corrected chi connectivity index (χ2v) is 5.33. The largest absolute Gasteiger partial charge is 0.293 e. The zero-order valence-electron chi connectivity index (χ0n) is 9.99. The number of benzene rings is 3. The van der Waals surface area contributed by atoms with Gasteiger partial charge >= 0.3 is 0 Å². The van der Waals surface area contributed by atoms with E-state index in [1.54, 1.807) is 0 Å². The Morgan fingerprint density at radius 3 is 2.58 bits per heavy atom. The molecule has 0 aromatic heterocycles. The maximum atomic E-state index is 12.1. The second-order valence-electron chi connectivity index (χ2n) is 4.36. The van der Waals surface area contributed by atoms with Crippen LogP contribution in [-0.4, -0.2) is 11.1 Å². The zero-order chi connectivity index (χ0) is 13.4. The molecule has 0 saturated heterocycles. The molecular weight excluding hydrogens is 324 g/mol. The first-order valence-electron chi connectivity index (χ1n) is 5.91. The monoisotopic (exact) mass is 332 g/mol. The summed E-state index contributed by atoms with van der Waals surface area (Å²) in [6.45, 7) is 0. The summed E-state index contributed by atoms with van der Waals surface area (Å²) in [5.41, 5.74) is 0.716. The van der Waals surface area contributed by atoms with E-state index in [0.717, 1.165) is 21.5 Å². The van der Waals surface area contributed by atoms with E-state index in [9.17, 15) is 4.79 Å². The molecule has 1 nitrogen and oxygen atoms in total. The second kappa shape index (κ2) is 4.95. The van der Waals surface area contributed by atoms with Crippen LogP contribution in [0.3, 0.4) is 0 Å². The number of carbonyl (C=O) groups excluding carboxylic acids is 1. The SMILES string of the molecule is O=C(CBr)c1cc2ccccc2c2c(Cl)cccc12. The van der Waals surface area contributed by atoms with Crippen molar-refractivity contribution >= 4 is 54.9 Å². The Kier molecular flexibility index (Phi) is 3.29. The Morgan fingerprint density at radius 1 is 1.05 bits per heavy atom. The number of alkyl halides is 1. The van der Waals surface area contributed by atoms with Crippen molar-refractivity contribution < 1.29 is 4.79 Å². The number of hydrogen-bond donors (Lipinski definition) is 0. The molecule has 0 spiro atoms. The van der Waals surface area contributed by atoms with Crippen LogP contribution in [0.4, 0.5) is 0 Å². The van der Waals surface area contributed by atoms with Gasteiger partial charge in [0.15, 0.2) is 5.78 Å². The highest BCUT2D eigenvalue weighted by Gasteiger charge is 2.13. The van der Waals surface area contributed by atoms with Gasteiger partial charge < -0.3 is 0 Å². The quantitative estimate of drug-likeness (QED) is 0.357. The van der Waals surface area contributed by atoms with Crippen LogP contribution in [-0.2, 0) is 0 Å². The summed E-state index contributed by atoms with van der Waals surface area (Å²) in [5, 5.41) is 4.97. The van der Waals surface area contributed by atoms with E-state index in [4.69, 9.17) is 11.6 Å². The standard InChI is InChI=1S/C16H10BrClO/c17-9-15(19)13-8-10-4-1-2-5-11(10)16-12(13)6-3-7-14(16)18/h1-8H,9H2. The highest BCUT2D eigenvalue weighted by atomic mass is 79.9. The smallest absolute Gasteiger partial charge is 0.174 e. The molecule has 0 aliphatic heterocycles. The van der Waals surface area contributed by atoms with Crippen molar-refractivity contribution in [3.05, 3.63) is 59.1 Å². The Hall–Kier alpha value is -1.38. The molecule has 3 rings (SSSR count). The summed E-state index contributed by atoms with van der Waals surface area (Å²) in [7, 11) is 0. The third kappa shape index (κ3) is 2.05. The van der Waals surface area contributed by atoms with Gasteiger partial charge in [-0.15, -0.1) is 0 Å². The van der Waals surface area contributed by atoms with E-state index >= 15 is 0 Å². The first-order chi connectivity index (χ1) is 9.22. The molecule has 0 unspecified atom stereocenters. The fourth-order valence-corrected chi connectivity index (χ4v) is 2.99. The predicted molar refractivity (Wildman–Crippen MR) is 84.6 cm³/mol. The van der Waals surface area contributed by atoms with Crippen LogP contribution in [0, 0.1) is 0 Å². The molecule has 0 saturated carbocycles. The lowest BCUT2D eigenvalue weighted by molar-refractivity contribution is 0.102. The predicted octanol–water partition coefficient (Wildman–Crippen LogP) is 5.22. The number of carbonyl (C=O) groups is 1. The summed E-state index contributed by atoms with van der Waals surface area (Å²) < 4.78 is 0. The van der Waals surface area contributed by atoms with E-state index in [1.807, 2.05) is 48.5 Å². The Labute approximate surface area is 124 Å². The molecule has 19 heavy (non-hydrogen) atoms. The number of fused-ring (bicyclic) bond motifs is 3. The Balaban J connectivity index is 2.56. The number of rotatable bonds is 2. The number of ketones is 1. The van der Waals surface area contributed by atoms with Crippen LogP contribution >= 0.6 is 27.5 Å². The molecule has 0 bridgehead atoms. The minimum atomic E-state index is 0.0676. The van der Waals surface area contributed by atoms with Gasteiger partial charge in [0.1, 0.15) is 0 Å². The van der Waals surface area contributed by atoms with Crippen LogP contribution < -0.4 is 0 Å². The fraction of sp³-hybridized carbons (Fsp3) is 0.0625. The van der Waals surface area contributed by atoms with Gasteiger partial charge in [-0.05, 0) is 28.3 Å². The number of halogens is 2. The normalized spacial score (nSPS) is 11.1. The first kappa shape index (κ1) is 12.6. The highest BCUT2D eigenvalue weighted by Crippen LogP contribution is 2.34. The minimum absolute atomic E-state index is 0.0676. The number of Topliss-reactive ketones (excluding diaryl/α,β-unsaturated/α-hetero) is 1. The fourth-order valence-electron chi connectivity index (χ4n) is 2.41. The molecule has 0 fully saturated rings. The van der Waals surface area contributed by atoms with Crippen molar-refractivity contribution in [1.29, 1.82) is 0 Å². The molecule has 94 valence electrons. The lowest BCUT2D eigenvalue weighted by Crippen LogP contribution is -2.01. The summed E-state index contributed by atoms with van der Waals surface area (Å²) in [6.07, 6.45) is 0. The molecule has 3 aromatic rings. The molecule has 3 aromatic carbocycles. The van der Waals surface area contributed by atoms with Crippen LogP contribution in [0.1, 0.15) is 10.4 Å². The van der Waals surface area contributed by atoms with Crippen LogP contribution in [0.2, 0.25) is 5.02 Å². The van der Waals surface area contributed by atoms with Gasteiger partial charge in [0.25, 0.3) is 0 Å². The van der Waals surface area contributed by atoms with E-state index < -0.39 is 0 Å². The molecule has 0 heterocycles. The minimum Gasteiger partial charge on any atom is -0.293 e. The molecule has 0 radical (unpaired) electrons. The maximum Gasteiger partial charge on any atom is 0.174 e. The molecular formula is C16H10BrClO. The van der Waals surface area contributed by atoms with Crippen LogP contribution in [0.15, 0.2) is 48.5 Å². The summed E-state index contributed by atoms with van der Waals surface area (Å²) in [6, 6.07) is 15.6. The molecule has 0 N–H and O–H groups in total. The molecule has 0 amide bonds. The van der Waals surface area contributed by atoms with Gasteiger partial charge in [0, 0.05) is 16.0 Å². The first-order valence-corrected chi connectivity index (χ1v) is 7.41. The topological polar surface area (TPSA) is 17.1 Å². The molecule has 3 heteroatoms. The van der Waals surface area contributed by atoms with Crippen molar-refractivity contribution in [3.8, 4) is 0 Å². The van der Waals surface area contributed by atoms with Crippen molar-refractivity contribution in [2.75, 3.05) is 5.33 Å². The molecule has 0 aliphatic carbocycles. The van der Waals surface area contributed by atoms with E-state index in [1.165, 1.54) is 0 Å². The average molecular weight is 334 g/mol. The summed E-state index contributed by atoms with van der Waals surface area (Å²) >= 11 is 9.57. The van der Waals surface area contributed by atoms with Crippen molar-refractivity contribution in [2.24, 2.45) is 0 Å².